The number of benzene rings is 1. The number of carbonyl (C=O) groups excluding carboxylic acids is 1. The minimum atomic E-state index is -1.44. The van der Waals surface area contributed by atoms with Gasteiger partial charge in [0.1, 0.15) is 11.4 Å². The Labute approximate surface area is 141 Å². The molecule has 1 heterocycles. The quantitative estimate of drug-likeness (QED) is 0.776. The highest BCUT2D eigenvalue weighted by Gasteiger charge is 2.37. The van der Waals surface area contributed by atoms with Crippen LogP contribution in [0.2, 0.25) is 0 Å². The molecule has 1 aliphatic rings. The number of likely N-dealkylation sites (tertiary alicyclic amines) is 1. The number of piperidine rings is 1. The lowest BCUT2D eigenvalue weighted by Gasteiger charge is -2.37. The van der Waals surface area contributed by atoms with Gasteiger partial charge < -0.3 is 14.7 Å². The molecule has 6 heteroatoms. The van der Waals surface area contributed by atoms with Crippen LogP contribution < -0.4 is 4.74 Å². The summed E-state index contributed by atoms with van der Waals surface area (Å²) < 4.78 is 20.3. The lowest BCUT2D eigenvalue weighted by Crippen LogP contribution is -2.43. The molecule has 1 amide bonds. The first-order valence-electron chi connectivity index (χ1n) is 8.27. The second-order valence-corrected chi connectivity index (χ2v) is 6.18. The summed E-state index contributed by atoms with van der Waals surface area (Å²) in [5.74, 6) is -0.240. The number of alkyl halides is 1. The van der Waals surface area contributed by atoms with Crippen LogP contribution in [0.5, 0.6) is 5.75 Å². The summed E-state index contributed by atoms with van der Waals surface area (Å²) in [5.41, 5.74) is -0.843. The van der Waals surface area contributed by atoms with Crippen molar-refractivity contribution in [3.05, 3.63) is 29.8 Å². The maximum Gasteiger partial charge on any atom is 0.303 e. The summed E-state index contributed by atoms with van der Waals surface area (Å²) >= 11 is 0. The average molecular weight is 337 g/mol. The molecule has 0 saturated carbocycles. The molecule has 0 bridgehead atoms. The molecule has 1 saturated heterocycles. The Balaban J connectivity index is 1.85. The van der Waals surface area contributed by atoms with Crippen LogP contribution in [0.1, 0.15) is 44.1 Å². The normalized spacial score (nSPS) is 16.7. The zero-order valence-corrected chi connectivity index (χ0v) is 14.0. The minimum Gasteiger partial charge on any atom is -0.497 e. The molecule has 5 nitrogen and oxygen atoms in total. The van der Waals surface area contributed by atoms with E-state index in [2.05, 4.69) is 0 Å². The molecule has 0 radical (unpaired) electrons. The second-order valence-electron chi connectivity index (χ2n) is 6.18. The van der Waals surface area contributed by atoms with E-state index in [1.54, 1.807) is 36.3 Å². The fourth-order valence-corrected chi connectivity index (χ4v) is 3.01. The highest BCUT2D eigenvalue weighted by Crippen LogP contribution is 2.38. The lowest BCUT2D eigenvalue weighted by molar-refractivity contribution is -0.138. The van der Waals surface area contributed by atoms with Gasteiger partial charge in [-0.1, -0.05) is 12.1 Å². The summed E-state index contributed by atoms with van der Waals surface area (Å²) in [7, 11) is 1.55. The Bertz CT molecular complexity index is 582. The van der Waals surface area contributed by atoms with E-state index in [9.17, 15) is 9.59 Å². The summed E-state index contributed by atoms with van der Waals surface area (Å²) in [4.78, 5) is 24.3. The van der Waals surface area contributed by atoms with E-state index in [4.69, 9.17) is 9.84 Å². The number of carboxylic acid groups (broad SMARTS) is 1. The van der Waals surface area contributed by atoms with Crippen molar-refractivity contribution < 1.29 is 23.8 Å². The third kappa shape index (κ3) is 4.69. The molecule has 132 valence electrons. The van der Waals surface area contributed by atoms with Crippen LogP contribution >= 0.6 is 0 Å². The van der Waals surface area contributed by atoms with Crippen LogP contribution in [0.25, 0.3) is 0 Å². The molecular weight excluding hydrogens is 313 g/mol. The summed E-state index contributed by atoms with van der Waals surface area (Å²) in [6.45, 7) is 0.761. The first-order chi connectivity index (χ1) is 11.4. The van der Waals surface area contributed by atoms with Crippen molar-refractivity contribution in [2.75, 3.05) is 20.2 Å². The van der Waals surface area contributed by atoms with Gasteiger partial charge in [-0.25, -0.2) is 4.39 Å². The van der Waals surface area contributed by atoms with Crippen molar-refractivity contribution in [3.63, 3.8) is 0 Å². The number of ether oxygens (including phenoxy) is 1. The van der Waals surface area contributed by atoms with Crippen LogP contribution in [0, 0.1) is 0 Å². The summed E-state index contributed by atoms with van der Waals surface area (Å²) in [6, 6.07) is 7.02. The number of nitrogens with zero attached hydrogens (tertiary/aromatic N) is 1. The number of halogens is 1. The van der Waals surface area contributed by atoms with E-state index in [1.165, 1.54) is 0 Å². The van der Waals surface area contributed by atoms with Crippen LogP contribution in [0.4, 0.5) is 4.39 Å². The van der Waals surface area contributed by atoms with Gasteiger partial charge in [0, 0.05) is 38.8 Å². The first kappa shape index (κ1) is 18.2. The van der Waals surface area contributed by atoms with E-state index in [-0.39, 0.29) is 25.2 Å². The van der Waals surface area contributed by atoms with Gasteiger partial charge in [0.15, 0.2) is 0 Å². The summed E-state index contributed by atoms with van der Waals surface area (Å²) in [5, 5.41) is 8.58. The molecule has 24 heavy (non-hydrogen) atoms. The fraction of sp³-hybridized carbons (Fsp3) is 0.556. The molecule has 1 aliphatic heterocycles. The van der Waals surface area contributed by atoms with Crippen LogP contribution in [0.3, 0.4) is 0 Å². The van der Waals surface area contributed by atoms with E-state index in [1.807, 2.05) is 0 Å². The monoisotopic (exact) mass is 337 g/mol. The number of hydrogen-bond donors (Lipinski definition) is 1. The number of hydrogen-bond acceptors (Lipinski definition) is 3. The molecular formula is C18H24FNO4. The number of aliphatic carboxylic acids is 1. The lowest BCUT2D eigenvalue weighted by atomic mass is 9.86. The molecule has 0 unspecified atom stereocenters. The zero-order valence-electron chi connectivity index (χ0n) is 14.0. The number of rotatable bonds is 7. The van der Waals surface area contributed by atoms with Crippen molar-refractivity contribution in [1.29, 1.82) is 0 Å². The SMILES string of the molecule is COc1cccc(C2(F)CCN(C(=O)CCCCC(=O)O)CC2)c1. The largest absolute Gasteiger partial charge is 0.497 e. The Morgan fingerprint density at radius 1 is 1.25 bits per heavy atom. The topological polar surface area (TPSA) is 66.8 Å². The Morgan fingerprint density at radius 2 is 1.92 bits per heavy atom. The van der Waals surface area contributed by atoms with Crippen LogP contribution in [-0.4, -0.2) is 42.1 Å². The molecule has 0 aromatic heterocycles. The van der Waals surface area contributed by atoms with Crippen molar-refractivity contribution >= 4 is 11.9 Å². The second kappa shape index (κ2) is 8.13. The third-order valence-corrected chi connectivity index (χ3v) is 4.53. The van der Waals surface area contributed by atoms with Crippen molar-refractivity contribution in [2.45, 2.75) is 44.2 Å². The molecule has 2 rings (SSSR count). The van der Waals surface area contributed by atoms with E-state index >= 15 is 4.39 Å². The zero-order chi connectivity index (χ0) is 17.6. The first-order valence-corrected chi connectivity index (χ1v) is 8.27. The predicted molar refractivity (Wildman–Crippen MR) is 87.7 cm³/mol. The maximum absolute atomic E-state index is 15.2. The molecule has 1 aromatic carbocycles. The number of carbonyl (C=O) groups is 2. The fourth-order valence-electron chi connectivity index (χ4n) is 3.01. The highest BCUT2D eigenvalue weighted by atomic mass is 19.1. The van der Waals surface area contributed by atoms with Gasteiger partial charge in [0.2, 0.25) is 5.91 Å². The molecule has 1 N–H and O–H groups in total. The van der Waals surface area contributed by atoms with Gasteiger partial charge in [-0.05, 0) is 30.5 Å². The van der Waals surface area contributed by atoms with Gasteiger partial charge in [-0.2, -0.15) is 0 Å². The molecule has 1 fully saturated rings. The van der Waals surface area contributed by atoms with Crippen molar-refractivity contribution in [2.24, 2.45) is 0 Å². The van der Waals surface area contributed by atoms with Crippen LogP contribution in [0.15, 0.2) is 24.3 Å². The molecule has 0 atom stereocenters. The third-order valence-electron chi connectivity index (χ3n) is 4.53. The Morgan fingerprint density at radius 3 is 2.54 bits per heavy atom. The number of carboxylic acids is 1. The Kier molecular flexibility index (Phi) is 6.17. The smallest absolute Gasteiger partial charge is 0.303 e. The van der Waals surface area contributed by atoms with Gasteiger partial charge in [-0.3, -0.25) is 9.59 Å². The number of amides is 1. The Hall–Kier alpha value is -2.11. The summed E-state index contributed by atoms with van der Waals surface area (Å²) in [6.07, 6.45) is 1.98. The average Bonchev–Trinajstić information content (AvgIpc) is 2.59. The predicted octanol–water partition coefficient (Wildman–Crippen LogP) is 3.13. The number of methoxy groups -OCH3 is 1. The standard InChI is InChI=1S/C18H24FNO4/c1-24-15-6-4-5-14(13-15)18(19)9-11-20(12-10-18)16(21)7-2-3-8-17(22)23/h4-6,13H,2-3,7-12H2,1H3,(H,22,23). The van der Waals surface area contributed by atoms with E-state index in [0.29, 0.717) is 43.7 Å². The van der Waals surface area contributed by atoms with Gasteiger partial charge in [0.25, 0.3) is 0 Å². The van der Waals surface area contributed by atoms with Gasteiger partial charge in [0.05, 0.1) is 7.11 Å². The van der Waals surface area contributed by atoms with Crippen molar-refractivity contribution in [1.82, 2.24) is 4.90 Å². The van der Waals surface area contributed by atoms with Crippen molar-refractivity contribution in [3.8, 4) is 5.75 Å². The molecule has 0 spiro atoms. The van der Waals surface area contributed by atoms with E-state index < -0.39 is 11.6 Å². The van der Waals surface area contributed by atoms with Crippen LogP contribution in [-0.2, 0) is 15.3 Å². The van der Waals surface area contributed by atoms with Gasteiger partial charge >= 0.3 is 5.97 Å². The molecule has 1 aromatic rings. The number of unbranched alkanes of at least 4 members (excludes halogenated alkanes) is 1. The van der Waals surface area contributed by atoms with Gasteiger partial charge in [-0.15, -0.1) is 0 Å². The molecule has 0 aliphatic carbocycles. The highest BCUT2D eigenvalue weighted by molar-refractivity contribution is 5.76. The van der Waals surface area contributed by atoms with E-state index in [0.717, 1.165) is 0 Å². The minimum absolute atomic E-state index is 0.0203. The maximum atomic E-state index is 15.2.